The van der Waals surface area contributed by atoms with Crippen LogP contribution < -0.4 is 0 Å². The lowest BCUT2D eigenvalue weighted by molar-refractivity contribution is -0.154. The van der Waals surface area contributed by atoms with Crippen molar-refractivity contribution in [3.05, 3.63) is 41.4 Å². The summed E-state index contributed by atoms with van der Waals surface area (Å²) in [4.78, 5) is 19.5. The van der Waals surface area contributed by atoms with Crippen molar-refractivity contribution in [1.29, 1.82) is 0 Å². The Morgan fingerprint density at radius 2 is 2.08 bits per heavy atom. The number of likely N-dealkylation sites (tertiary alicyclic amines) is 1. The number of hydrogen-bond acceptors (Lipinski definition) is 6. The highest BCUT2D eigenvalue weighted by molar-refractivity contribution is 7.15. The average Bonchev–Trinajstić information content (AvgIpc) is 3.10. The number of aromatic nitrogens is 1. The third-order valence-electron chi connectivity index (χ3n) is 4.48. The van der Waals surface area contributed by atoms with Gasteiger partial charge in [-0.25, -0.2) is 9.78 Å². The molecule has 1 aromatic heterocycles. The first-order chi connectivity index (χ1) is 11.7. The first-order valence-corrected chi connectivity index (χ1v) is 8.97. The van der Waals surface area contributed by atoms with Gasteiger partial charge in [0, 0.05) is 23.2 Å². The Morgan fingerprint density at radius 1 is 1.38 bits per heavy atom. The topological polar surface area (TPSA) is 62.7 Å². The zero-order chi connectivity index (χ0) is 16.9. The summed E-state index contributed by atoms with van der Waals surface area (Å²) < 4.78 is 4.62. The first kappa shape index (κ1) is 17.1. The number of nitrogens with zero attached hydrogens (tertiary/aromatic N) is 2. The lowest BCUT2D eigenvalue weighted by Crippen LogP contribution is -2.40. The quantitative estimate of drug-likeness (QED) is 0.843. The number of ether oxygens (including phenoxy) is 1. The fraction of sp³-hybridized carbons (Fsp3) is 0.444. The number of rotatable bonds is 5. The van der Waals surface area contributed by atoms with Crippen molar-refractivity contribution in [2.75, 3.05) is 20.2 Å². The second-order valence-electron chi connectivity index (χ2n) is 6.08. The van der Waals surface area contributed by atoms with E-state index in [0.29, 0.717) is 0 Å². The van der Waals surface area contributed by atoms with Crippen LogP contribution >= 0.6 is 11.3 Å². The first-order valence-electron chi connectivity index (χ1n) is 8.15. The molecule has 1 fully saturated rings. The van der Waals surface area contributed by atoms with Crippen LogP contribution in [0.4, 0.5) is 0 Å². The van der Waals surface area contributed by atoms with Crippen LogP contribution in [0.25, 0.3) is 10.6 Å². The molecule has 0 bridgehead atoms. The molecule has 1 aliphatic rings. The van der Waals surface area contributed by atoms with E-state index in [4.69, 9.17) is 0 Å². The molecular weight excluding hydrogens is 324 g/mol. The van der Waals surface area contributed by atoms with Crippen molar-refractivity contribution in [1.82, 2.24) is 9.88 Å². The van der Waals surface area contributed by atoms with Gasteiger partial charge in [-0.3, -0.25) is 4.90 Å². The SMILES string of the molecule is COC(=O)C(O)C1CCN(Cc2cnc(-c3ccccc3)s2)CC1. The molecule has 0 radical (unpaired) electrons. The fourth-order valence-electron chi connectivity index (χ4n) is 3.06. The van der Waals surface area contributed by atoms with Gasteiger partial charge in [-0.15, -0.1) is 11.3 Å². The van der Waals surface area contributed by atoms with Crippen LogP contribution in [0.15, 0.2) is 36.5 Å². The van der Waals surface area contributed by atoms with Gasteiger partial charge in [-0.1, -0.05) is 30.3 Å². The van der Waals surface area contributed by atoms with E-state index in [2.05, 4.69) is 26.8 Å². The molecule has 0 saturated carbocycles. The standard InChI is InChI=1S/C18H22N2O3S/c1-23-18(22)16(21)13-7-9-20(10-8-13)12-15-11-19-17(24-15)14-5-3-2-4-6-14/h2-6,11,13,16,21H,7-10,12H2,1H3. The van der Waals surface area contributed by atoms with Gasteiger partial charge in [-0.05, 0) is 31.8 Å². The maximum absolute atomic E-state index is 11.4. The highest BCUT2D eigenvalue weighted by Crippen LogP contribution is 2.27. The van der Waals surface area contributed by atoms with Crippen molar-refractivity contribution in [2.24, 2.45) is 5.92 Å². The summed E-state index contributed by atoms with van der Waals surface area (Å²) >= 11 is 1.72. The van der Waals surface area contributed by atoms with Gasteiger partial charge in [0.1, 0.15) is 5.01 Å². The minimum Gasteiger partial charge on any atom is -0.467 e. The van der Waals surface area contributed by atoms with Crippen LogP contribution in [-0.4, -0.2) is 47.3 Å². The zero-order valence-electron chi connectivity index (χ0n) is 13.7. The Labute approximate surface area is 145 Å². The minimum absolute atomic E-state index is 0.00459. The Hall–Kier alpha value is -1.76. The van der Waals surface area contributed by atoms with Crippen molar-refractivity contribution >= 4 is 17.3 Å². The number of thiazole rings is 1. The van der Waals surface area contributed by atoms with Crippen molar-refractivity contribution in [2.45, 2.75) is 25.5 Å². The van der Waals surface area contributed by atoms with E-state index in [1.54, 1.807) is 11.3 Å². The van der Waals surface area contributed by atoms with E-state index in [9.17, 15) is 9.90 Å². The Balaban J connectivity index is 1.54. The summed E-state index contributed by atoms with van der Waals surface area (Å²) in [6.45, 7) is 2.61. The molecule has 1 atom stereocenters. The average molecular weight is 346 g/mol. The van der Waals surface area contributed by atoms with Gasteiger partial charge in [0.15, 0.2) is 6.10 Å². The number of aliphatic hydroxyl groups is 1. The Bertz CT molecular complexity index is 666. The van der Waals surface area contributed by atoms with Gasteiger partial charge in [0.2, 0.25) is 0 Å². The molecule has 1 N–H and O–H groups in total. The monoisotopic (exact) mass is 346 g/mol. The smallest absolute Gasteiger partial charge is 0.334 e. The van der Waals surface area contributed by atoms with Crippen LogP contribution in [0, 0.1) is 5.92 Å². The number of carbonyl (C=O) groups is 1. The van der Waals surface area contributed by atoms with Crippen molar-refractivity contribution in [3.63, 3.8) is 0 Å². The number of esters is 1. The second kappa shape index (κ2) is 7.88. The van der Waals surface area contributed by atoms with E-state index in [-0.39, 0.29) is 5.92 Å². The Morgan fingerprint density at radius 3 is 2.75 bits per heavy atom. The van der Waals surface area contributed by atoms with Gasteiger partial charge in [-0.2, -0.15) is 0 Å². The van der Waals surface area contributed by atoms with Crippen LogP contribution in [0.2, 0.25) is 0 Å². The summed E-state index contributed by atoms with van der Waals surface area (Å²) in [7, 11) is 1.31. The molecule has 1 aromatic carbocycles. The number of methoxy groups -OCH3 is 1. The number of aliphatic hydroxyl groups excluding tert-OH is 1. The molecule has 3 rings (SSSR count). The van der Waals surface area contributed by atoms with Crippen molar-refractivity contribution < 1.29 is 14.6 Å². The second-order valence-corrected chi connectivity index (χ2v) is 7.19. The van der Waals surface area contributed by atoms with Gasteiger partial charge < -0.3 is 9.84 Å². The zero-order valence-corrected chi connectivity index (χ0v) is 14.5. The van der Waals surface area contributed by atoms with Gasteiger partial charge >= 0.3 is 5.97 Å². The number of carbonyl (C=O) groups excluding carboxylic acids is 1. The fourth-order valence-corrected chi connectivity index (χ4v) is 4.02. The predicted molar refractivity (Wildman–Crippen MR) is 93.6 cm³/mol. The van der Waals surface area contributed by atoms with Crippen molar-refractivity contribution in [3.8, 4) is 10.6 Å². The number of piperidine rings is 1. The molecule has 0 spiro atoms. The molecule has 128 valence electrons. The molecule has 2 aromatic rings. The lowest BCUT2D eigenvalue weighted by atomic mass is 9.91. The van der Waals surface area contributed by atoms with Crippen LogP contribution in [0.3, 0.4) is 0 Å². The normalized spacial score (nSPS) is 17.6. The van der Waals surface area contributed by atoms with E-state index in [1.807, 2.05) is 24.4 Å². The van der Waals surface area contributed by atoms with Gasteiger partial charge in [0.05, 0.1) is 7.11 Å². The molecule has 24 heavy (non-hydrogen) atoms. The summed E-state index contributed by atoms with van der Waals surface area (Å²) in [6, 6.07) is 10.2. The number of hydrogen-bond donors (Lipinski definition) is 1. The van der Waals surface area contributed by atoms with Gasteiger partial charge in [0.25, 0.3) is 0 Å². The molecule has 1 unspecified atom stereocenters. The molecule has 1 saturated heterocycles. The van der Waals surface area contributed by atoms with E-state index in [0.717, 1.165) is 43.0 Å². The number of benzene rings is 1. The molecule has 5 nitrogen and oxygen atoms in total. The maximum Gasteiger partial charge on any atom is 0.334 e. The predicted octanol–water partition coefficient (Wildman–Crippen LogP) is 2.56. The van der Waals surface area contributed by atoms with Crippen LogP contribution in [0.1, 0.15) is 17.7 Å². The van der Waals surface area contributed by atoms with E-state index in [1.165, 1.54) is 12.0 Å². The lowest BCUT2D eigenvalue weighted by Gasteiger charge is -2.32. The largest absolute Gasteiger partial charge is 0.467 e. The highest BCUT2D eigenvalue weighted by Gasteiger charge is 2.30. The summed E-state index contributed by atoms with van der Waals surface area (Å²) in [5, 5.41) is 11.0. The third-order valence-corrected chi connectivity index (χ3v) is 5.51. The molecule has 6 heteroatoms. The maximum atomic E-state index is 11.4. The Kier molecular flexibility index (Phi) is 5.60. The highest BCUT2D eigenvalue weighted by atomic mass is 32.1. The van der Waals surface area contributed by atoms with E-state index >= 15 is 0 Å². The van der Waals surface area contributed by atoms with Crippen LogP contribution in [0.5, 0.6) is 0 Å². The molecule has 2 heterocycles. The molecule has 0 amide bonds. The molecule has 1 aliphatic heterocycles. The summed E-state index contributed by atoms with van der Waals surface area (Å²) in [5.74, 6) is -0.529. The summed E-state index contributed by atoms with van der Waals surface area (Å²) in [6.07, 6.45) is 2.56. The third kappa shape index (κ3) is 4.01. The molecular formula is C18H22N2O3S. The minimum atomic E-state index is -0.995. The van der Waals surface area contributed by atoms with E-state index < -0.39 is 12.1 Å². The van der Waals surface area contributed by atoms with Crippen LogP contribution in [-0.2, 0) is 16.1 Å². The summed E-state index contributed by atoms with van der Waals surface area (Å²) in [5.41, 5.74) is 1.15. The molecule has 0 aliphatic carbocycles.